The van der Waals surface area contributed by atoms with Crippen LogP contribution in [0.1, 0.15) is 38.0 Å². The highest BCUT2D eigenvalue weighted by atomic mass is 16.5. The zero-order valence-corrected chi connectivity index (χ0v) is 9.07. The Morgan fingerprint density at radius 2 is 2.21 bits per heavy atom. The van der Waals surface area contributed by atoms with E-state index in [1.54, 1.807) is 14.0 Å². The van der Waals surface area contributed by atoms with Gasteiger partial charge in [0.25, 0.3) is 0 Å². The first kappa shape index (κ1) is 11.1. The van der Waals surface area contributed by atoms with Gasteiger partial charge in [-0.2, -0.15) is 4.98 Å². The number of aromatic nitrogens is 2. The van der Waals surface area contributed by atoms with E-state index < -0.39 is 0 Å². The van der Waals surface area contributed by atoms with E-state index in [1.807, 2.05) is 13.8 Å². The summed E-state index contributed by atoms with van der Waals surface area (Å²) in [7, 11) is 1.66. The Hall–Kier alpha value is -0.940. The van der Waals surface area contributed by atoms with Crippen molar-refractivity contribution in [3.8, 4) is 0 Å². The predicted octanol–water partition coefficient (Wildman–Crippen LogP) is 1.19. The Bertz CT molecular complexity index is 296. The SMILES string of the molecule is COC(C)(C)CC(N)c1noc(C)n1. The lowest BCUT2D eigenvalue weighted by molar-refractivity contribution is 0.00921. The van der Waals surface area contributed by atoms with E-state index in [4.69, 9.17) is 15.0 Å². The fourth-order valence-corrected chi connectivity index (χ4v) is 1.17. The molecule has 2 N–H and O–H groups in total. The topological polar surface area (TPSA) is 74.2 Å². The fourth-order valence-electron chi connectivity index (χ4n) is 1.17. The summed E-state index contributed by atoms with van der Waals surface area (Å²) in [6.45, 7) is 5.68. The van der Waals surface area contributed by atoms with Gasteiger partial charge in [-0.05, 0) is 20.3 Å². The van der Waals surface area contributed by atoms with E-state index >= 15 is 0 Å². The smallest absolute Gasteiger partial charge is 0.223 e. The minimum absolute atomic E-state index is 0.248. The Morgan fingerprint density at radius 3 is 2.64 bits per heavy atom. The molecule has 5 heteroatoms. The van der Waals surface area contributed by atoms with Crippen molar-refractivity contribution in [1.29, 1.82) is 0 Å². The van der Waals surface area contributed by atoms with Crippen molar-refractivity contribution in [2.75, 3.05) is 7.11 Å². The summed E-state index contributed by atoms with van der Waals surface area (Å²) in [5, 5.41) is 3.77. The molecule has 0 bridgehead atoms. The maximum Gasteiger partial charge on any atom is 0.223 e. The summed E-state index contributed by atoms with van der Waals surface area (Å²) < 4.78 is 10.1. The van der Waals surface area contributed by atoms with Crippen molar-refractivity contribution in [2.45, 2.75) is 38.8 Å². The standard InChI is InChI=1S/C9H17N3O2/c1-6-11-8(12-14-6)7(10)5-9(2,3)13-4/h7H,5,10H2,1-4H3. The number of aryl methyl sites for hydroxylation is 1. The molecule has 0 amide bonds. The molecular formula is C9H17N3O2. The molecule has 80 valence electrons. The molecule has 1 atom stereocenters. The van der Waals surface area contributed by atoms with Crippen LogP contribution in [0.25, 0.3) is 0 Å². The van der Waals surface area contributed by atoms with Crippen molar-refractivity contribution in [3.63, 3.8) is 0 Å². The molecule has 5 nitrogen and oxygen atoms in total. The highest BCUT2D eigenvalue weighted by Gasteiger charge is 2.24. The zero-order valence-electron chi connectivity index (χ0n) is 9.07. The fraction of sp³-hybridized carbons (Fsp3) is 0.778. The molecule has 0 aromatic carbocycles. The molecule has 0 aliphatic carbocycles. The van der Waals surface area contributed by atoms with Crippen molar-refractivity contribution < 1.29 is 9.26 Å². The molecule has 0 spiro atoms. The number of ether oxygens (including phenoxy) is 1. The van der Waals surface area contributed by atoms with Crippen LogP contribution < -0.4 is 5.73 Å². The van der Waals surface area contributed by atoms with E-state index in [-0.39, 0.29) is 11.6 Å². The van der Waals surface area contributed by atoms with Gasteiger partial charge in [-0.15, -0.1) is 0 Å². The molecule has 1 aromatic heterocycles. The second-order valence-corrected chi connectivity index (χ2v) is 3.95. The highest BCUT2D eigenvalue weighted by Crippen LogP contribution is 2.22. The van der Waals surface area contributed by atoms with Crippen LogP contribution in [0.3, 0.4) is 0 Å². The third kappa shape index (κ3) is 2.78. The average molecular weight is 199 g/mol. The Kier molecular flexibility index (Phi) is 3.23. The summed E-state index contributed by atoms with van der Waals surface area (Å²) in [6, 6.07) is -0.248. The van der Waals surface area contributed by atoms with Crippen LogP contribution in [0.4, 0.5) is 0 Å². The quantitative estimate of drug-likeness (QED) is 0.788. The van der Waals surface area contributed by atoms with Crippen molar-refractivity contribution in [2.24, 2.45) is 5.73 Å². The number of methoxy groups -OCH3 is 1. The Labute approximate surface area is 83.6 Å². The van der Waals surface area contributed by atoms with Crippen LogP contribution in [0.15, 0.2) is 4.52 Å². The minimum atomic E-state index is -0.270. The maximum absolute atomic E-state index is 5.91. The molecule has 0 aliphatic rings. The summed E-state index contributed by atoms with van der Waals surface area (Å²) in [6.07, 6.45) is 0.655. The monoisotopic (exact) mass is 199 g/mol. The third-order valence-corrected chi connectivity index (χ3v) is 2.14. The second-order valence-electron chi connectivity index (χ2n) is 3.95. The van der Waals surface area contributed by atoms with Gasteiger partial charge in [-0.1, -0.05) is 5.16 Å². The first-order valence-corrected chi connectivity index (χ1v) is 4.55. The number of nitrogens with zero attached hydrogens (tertiary/aromatic N) is 2. The minimum Gasteiger partial charge on any atom is -0.379 e. The highest BCUT2D eigenvalue weighted by molar-refractivity contribution is 4.94. The number of rotatable bonds is 4. The number of nitrogens with two attached hydrogens (primary N) is 1. The summed E-state index contributed by atoms with van der Waals surface area (Å²) in [4.78, 5) is 4.07. The molecular weight excluding hydrogens is 182 g/mol. The molecule has 0 fully saturated rings. The zero-order chi connectivity index (χ0) is 10.8. The van der Waals surface area contributed by atoms with Crippen LogP contribution in [0.2, 0.25) is 0 Å². The molecule has 0 saturated carbocycles. The lowest BCUT2D eigenvalue weighted by Gasteiger charge is -2.24. The maximum atomic E-state index is 5.91. The van der Waals surface area contributed by atoms with Crippen LogP contribution in [-0.2, 0) is 4.74 Å². The van der Waals surface area contributed by atoms with E-state index in [1.165, 1.54) is 0 Å². The van der Waals surface area contributed by atoms with Crippen LogP contribution in [-0.4, -0.2) is 22.9 Å². The summed E-state index contributed by atoms with van der Waals surface area (Å²) in [5.41, 5.74) is 5.64. The van der Waals surface area contributed by atoms with Crippen molar-refractivity contribution in [3.05, 3.63) is 11.7 Å². The lowest BCUT2D eigenvalue weighted by atomic mass is 9.99. The Balaban J connectivity index is 2.63. The van der Waals surface area contributed by atoms with Gasteiger partial charge in [0.2, 0.25) is 5.89 Å². The van der Waals surface area contributed by atoms with Crippen molar-refractivity contribution in [1.82, 2.24) is 10.1 Å². The van der Waals surface area contributed by atoms with Gasteiger partial charge in [0.1, 0.15) is 0 Å². The van der Waals surface area contributed by atoms with Gasteiger partial charge in [0.15, 0.2) is 5.82 Å². The molecule has 1 unspecified atom stereocenters. The first-order valence-electron chi connectivity index (χ1n) is 4.55. The van der Waals surface area contributed by atoms with Gasteiger partial charge in [0, 0.05) is 14.0 Å². The average Bonchev–Trinajstić information content (AvgIpc) is 2.51. The normalized spacial score (nSPS) is 14.4. The Morgan fingerprint density at radius 1 is 1.57 bits per heavy atom. The molecule has 1 rings (SSSR count). The van der Waals surface area contributed by atoms with E-state index in [2.05, 4.69) is 10.1 Å². The van der Waals surface area contributed by atoms with Crippen LogP contribution >= 0.6 is 0 Å². The second kappa shape index (κ2) is 4.06. The van der Waals surface area contributed by atoms with Crippen LogP contribution in [0, 0.1) is 6.92 Å². The third-order valence-electron chi connectivity index (χ3n) is 2.14. The van der Waals surface area contributed by atoms with Gasteiger partial charge < -0.3 is 15.0 Å². The molecule has 1 heterocycles. The number of hydrogen-bond donors (Lipinski definition) is 1. The van der Waals surface area contributed by atoms with E-state index in [0.29, 0.717) is 18.1 Å². The van der Waals surface area contributed by atoms with E-state index in [9.17, 15) is 0 Å². The molecule has 0 aliphatic heterocycles. The molecule has 0 radical (unpaired) electrons. The van der Waals surface area contributed by atoms with Gasteiger partial charge in [0.05, 0.1) is 11.6 Å². The summed E-state index contributed by atoms with van der Waals surface area (Å²) >= 11 is 0. The molecule has 0 saturated heterocycles. The molecule has 1 aromatic rings. The number of hydrogen-bond acceptors (Lipinski definition) is 5. The van der Waals surface area contributed by atoms with Gasteiger partial charge in [-0.25, -0.2) is 0 Å². The van der Waals surface area contributed by atoms with Gasteiger partial charge >= 0.3 is 0 Å². The van der Waals surface area contributed by atoms with Crippen LogP contribution in [0.5, 0.6) is 0 Å². The molecule has 14 heavy (non-hydrogen) atoms. The van der Waals surface area contributed by atoms with Crippen molar-refractivity contribution >= 4 is 0 Å². The predicted molar refractivity (Wildman–Crippen MR) is 51.7 cm³/mol. The van der Waals surface area contributed by atoms with Gasteiger partial charge in [-0.3, -0.25) is 0 Å². The van der Waals surface area contributed by atoms with E-state index in [0.717, 1.165) is 0 Å². The summed E-state index contributed by atoms with van der Waals surface area (Å²) in [5.74, 6) is 1.07. The first-order chi connectivity index (χ1) is 6.44. The largest absolute Gasteiger partial charge is 0.379 e. The lowest BCUT2D eigenvalue weighted by Crippen LogP contribution is -2.29.